The van der Waals surface area contributed by atoms with E-state index in [1.165, 1.54) is 6.08 Å². The monoisotopic (exact) mass is 221 g/mol. The molecule has 1 N–H and O–H groups in total. The smallest absolute Gasteiger partial charge is 0.333 e. The van der Waals surface area contributed by atoms with Crippen molar-refractivity contribution in [2.24, 2.45) is 0 Å². The van der Waals surface area contributed by atoms with Crippen LogP contribution in [0.5, 0.6) is 5.75 Å². The third-order valence-electron chi connectivity index (χ3n) is 1.99. The fraction of sp³-hybridized carbons (Fsp3) is 0.333. The third kappa shape index (κ3) is 3.08. The Morgan fingerprint density at radius 3 is 2.88 bits per heavy atom. The third-order valence-corrected chi connectivity index (χ3v) is 1.99. The van der Waals surface area contributed by atoms with Crippen molar-refractivity contribution in [2.45, 2.75) is 20.8 Å². The van der Waals surface area contributed by atoms with E-state index in [-0.39, 0.29) is 5.75 Å². The van der Waals surface area contributed by atoms with Crippen molar-refractivity contribution < 1.29 is 14.6 Å². The van der Waals surface area contributed by atoms with Gasteiger partial charge in [-0.1, -0.05) is 0 Å². The number of aryl methyl sites for hydroxylation is 1. The Bertz CT molecular complexity index is 424. The molecule has 0 aliphatic heterocycles. The van der Waals surface area contributed by atoms with Crippen molar-refractivity contribution in [3.05, 3.63) is 29.1 Å². The molecule has 4 heteroatoms. The summed E-state index contributed by atoms with van der Waals surface area (Å²) in [6.07, 6.45) is 1.51. The second kappa shape index (κ2) is 5.30. The highest BCUT2D eigenvalue weighted by atomic mass is 16.5. The molecule has 1 aromatic heterocycles. The molecule has 0 spiro atoms. The average molecular weight is 221 g/mol. The van der Waals surface area contributed by atoms with Gasteiger partial charge in [-0.15, -0.1) is 0 Å². The van der Waals surface area contributed by atoms with Gasteiger partial charge in [-0.05, 0) is 39.0 Å². The zero-order valence-electron chi connectivity index (χ0n) is 9.65. The van der Waals surface area contributed by atoms with Crippen LogP contribution in [-0.4, -0.2) is 22.7 Å². The van der Waals surface area contributed by atoms with Crippen LogP contribution in [-0.2, 0) is 9.53 Å². The summed E-state index contributed by atoms with van der Waals surface area (Å²) < 4.78 is 4.83. The van der Waals surface area contributed by atoms with Gasteiger partial charge in [0.25, 0.3) is 0 Å². The van der Waals surface area contributed by atoms with Gasteiger partial charge in [0.1, 0.15) is 11.4 Å². The summed E-state index contributed by atoms with van der Waals surface area (Å²) in [6.45, 7) is 5.52. The Balaban J connectivity index is 2.97. The van der Waals surface area contributed by atoms with E-state index < -0.39 is 5.97 Å². The molecule has 1 heterocycles. The number of aromatic nitrogens is 1. The zero-order valence-corrected chi connectivity index (χ0v) is 9.65. The summed E-state index contributed by atoms with van der Waals surface area (Å²) in [6, 6.07) is 3.25. The van der Waals surface area contributed by atoms with Gasteiger partial charge in [0.05, 0.1) is 6.61 Å². The van der Waals surface area contributed by atoms with Gasteiger partial charge in [-0.3, -0.25) is 0 Å². The molecule has 16 heavy (non-hydrogen) atoms. The van der Waals surface area contributed by atoms with Crippen molar-refractivity contribution in [3.63, 3.8) is 0 Å². The first-order valence-electron chi connectivity index (χ1n) is 5.06. The van der Waals surface area contributed by atoms with Crippen LogP contribution < -0.4 is 0 Å². The number of ether oxygens (including phenoxy) is 1. The Labute approximate surface area is 94.6 Å². The molecule has 0 fully saturated rings. The molecule has 0 saturated heterocycles. The molecule has 0 amide bonds. The van der Waals surface area contributed by atoms with Gasteiger partial charge in [0.2, 0.25) is 0 Å². The van der Waals surface area contributed by atoms with Gasteiger partial charge >= 0.3 is 5.97 Å². The minimum atomic E-state index is -0.398. The standard InChI is InChI=1S/C12H15NO3/c1-4-16-12(15)8(2)7-10-11(14)6-5-9(3)13-10/h5-7,14H,4H2,1-3H3/b8-7+. The molecule has 86 valence electrons. The highest BCUT2D eigenvalue weighted by molar-refractivity contribution is 5.93. The summed E-state index contributed by atoms with van der Waals surface area (Å²) in [4.78, 5) is 15.5. The number of pyridine rings is 1. The number of aromatic hydroxyl groups is 1. The van der Waals surface area contributed by atoms with E-state index in [9.17, 15) is 9.90 Å². The minimum absolute atomic E-state index is 0.0502. The van der Waals surface area contributed by atoms with Crippen LogP contribution in [0.15, 0.2) is 17.7 Å². The molecule has 1 aromatic rings. The summed E-state index contributed by atoms with van der Waals surface area (Å²) in [7, 11) is 0. The molecule has 0 radical (unpaired) electrons. The van der Waals surface area contributed by atoms with Crippen molar-refractivity contribution in [1.29, 1.82) is 0 Å². The molecule has 0 atom stereocenters. The lowest BCUT2D eigenvalue weighted by atomic mass is 10.2. The molecule has 0 unspecified atom stereocenters. The van der Waals surface area contributed by atoms with Crippen molar-refractivity contribution in [1.82, 2.24) is 4.98 Å². The molecule has 4 nitrogen and oxygen atoms in total. The fourth-order valence-corrected chi connectivity index (χ4v) is 1.18. The number of esters is 1. The second-order valence-electron chi connectivity index (χ2n) is 3.40. The van der Waals surface area contributed by atoms with Gasteiger partial charge < -0.3 is 9.84 Å². The van der Waals surface area contributed by atoms with Crippen LogP contribution in [0, 0.1) is 6.92 Å². The fourth-order valence-electron chi connectivity index (χ4n) is 1.18. The number of nitrogens with zero attached hydrogens (tertiary/aromatic N) is 1. The van der Waals surface area contributed by atoms with E-state index >= 15 is 0 Å². The minimum Gasteiger partial charge on any atom is -0.506 e. The number of rotatable bonds is 3. The van der Waals surface area contributed by atoms with Crippen LogP contribution in [0.3, 0.4) is 0 Å². The SMILES string of the molecule is CCOC(=O)/C(C)=C/c1nc(C)ccc1O. The first kappa shape index (κ1) is 12.2. The number of hydrogen-bond acceptors (Lipinski definition) is 4. The summed E-state index contributed by atoms with van der Waals surface area (Å²) in [5, 5.41) is 9.54. The Morgan fingerprint density at radius 2 is 2.25 bits per heavy atom. The van der Waals surface area contributed by atoms with Crippen LogP contribution in [0.25, 0.3) is 6.08 Å². The van der Waals surface area contributed by atoms with Gasteiger partial charge in [0, 0.05) is 11.3 Å². The maximum absolute atomic E-state index is 11.3. The molecule has 0 aliphatic rings. The van der Waals surface area contributed by atoms with Gasteiger partial charge in [-0.25, -0.2) is 9.78 Å². The summed E-state index contributed by atoms with van der Waals surface area (Å²) in [5.41, 5.74) is 1.57. The molecular weight excluding hydrogens is 206 g/mol. The Hall–Kier alpha value is -1.84. The number of hydrogen-bond donors (Lipinski definition) is 1. The predicted octanol–water partition coefficient (Wildman–Crippen LogP) is 2.06. The quantitative estimate of drug-likeness (QED) is 0.627. The highest BCUT2D eigenvalue weighted by Gasteiger charge is 2.07. The second-order valence-corrected chi connectivity index (χ2v) is 3.40. The lowest BCUT2D eigenvalue weighted by molar-refractivity contribution is -0.138. The molecule has 0 bridgehead atoms. The Kier molecular flexibility index (Phi) is 4.05. The molecular formula is C12H15NO3. The topological polar surface area (TPSA) is 59.4 Å². The first-order chi connectivity index (χ1) is 7.54. The van der Waals surface area contributed by atoms with Crippen molar-refractivity contribution in [2.75, 3.05) is 6.61 Å². The van der Waals surface area contributed by atoms with E-state index in [0.29, 0.717) is 17.9 Å². The predicted molar refractivity (Wildman–Crippen MR) is 60.9 cm³/mol. The normalized spacial score (nSPS) is 11.3. The summed E-state index contributed by atoms with van der Waals surface area (Å²) in [5.74, 6) is -0.348. The highest BCUT2D eigenvalue weighted by Crippen LogP contribution is 2.18. The first-order valence-corrected chi connectivity index (χ1v) is 5.06. The van der Waals surface area contributed by atoms with Crippen LogP contribution in [0.2, 0.25) is 0 Å². The van der Waals surface area contributed by atoms with E-state index in [1.54, 1.807) is 26.0 Å². The summed E-state index contributed by atoms with van der Waals surface area (Å²) >= 11 is 0. The maximum atomic E-state index is 11.3. The van der Waals surface area contributed by atoms with Crippen molar-refractivity contribution in [3.8, 4) is 5.75 Å². The van der Waals surface area contributed by atoms with Crippen molar-refractivity contribution >= 4 is 12.0 Å². The Morgan fingerprint density at radius 1 is 1.56 bits per heavy atom. The zero-order chi connectivity index (χ0) is 12.1. The molecule has 1 rings (SSSR count). The number of carbonyl (C=O) groups excluding carboxylic acids is 1. The van der Waals surface area contributed by atoms with E-state index in [0.717, 1.165) is 5.69 Å². The molecule has 0 aliphatic carbocycles. The lowest BCUT2D eigenvalue weighted by Gasteiger charge is -2.03. The molecule has 0 saturated carbocycles. The van der Waals surface area contributed by atoms with E-state index in [4.69, 9.17) is 4.74 Å². The van der Waals surface area contributed by atoms with Gasteiger partial charge in [-0.2, -0.15) is 0 Å². The lowest BCUT2D eigenvalue weighted by Crippen LogP contribution is -2.05. The van der Waals surface area contributed by atoms with Gasteiger partial charge in [0.15, 0.2) is 0 Å². The van der Waals surface area contributed by atoms with Crippen LogP contribution in [0.4, 0.5) is 0 Å². The van der Waals surface area contributed by atoms with Crippen LogP contribution >= 0.6 is 0 Å². The molecule has 0 aromatic carbocycles. The average Bonchev–Trinajstić information content (AvgIpc) is 2.23. The largest absolute Gasteiger partial charge is 0.506 e. The van der Waals surface area contributed by atoms with E-state index in [2.05, 4.69) is 4.98 Å². The van der Waals surface area contributed by atoms with E-state index in [1.807, 2.05) is 6.92 Å². The number of carbonyl (C=O) groups is 1. The maximum Gasteiger partial charge on any atom is 0.333 e. The van der Waals surface area contributed by atoms with Crippen LogP contribution in [0.1, 0.15) is 25.2 Å².